The van der Waals surface area contributed by atoms with E-state index in [0.717, 1.165) is 17.7 Å². The minimum absolute atomic E-state index is 0.431. The topological polar surface area (TPSA) is 53.6 Å². The van der Waals surface area contributed by atoms with Gasteiger partial charge in [0.25, 0.3) is 0 Å². The Kier molecular flexibility index (Phi) is 5.42. The Bertz CT molecular complexity index is 613. The normalized spacial score (nSPS) is 11.3. The van der Waals surface area contributed by atoms with Crippen LogP contribution >= 0.6 is 0 Å². The fourth-order valence-electron chi connectivity index (χ4n) is 2.09. The smallest absolute Gasteiger partial charge is 0.193 e. The number of nitrogens with zero attached hydrogens (tertiary/aromatic N) is 2. The third-order valence-corrected chi connectivity index (χ3v) is 3.52. The molecule has 4 nitrogen and oxygen atoms in total. The average molecular weight is 296 g/mol. The van der Waals surface area contributed by atoms with Crippen molar-refractivity contribution in [3.8, 4) is 0 Å². The summed E-state index contributed by atoms with van der Waals surface area (Å²) >= 11 is 0. The van der Waals surface area contributed by atoms with Gasteiger partial charge in [0.1, 0.15) is 0 Å². The van der Waals surface area contributed by atoms with E-state index in [1.807, 2.05) is 26.2 Å². The number of benzene rings is 2. The van der Waals surface area contributed by atoms with Gasteiger partial charge in [0.15, 0.2) is 5.96 Å². The van der Waals surface area contributed by atoms with Crippen molar-refractivity contribution < 1.29 is 0 Å². The molecule has 0 aliphatic carbocycles. The highest BCUT2D eigenvalue weighted by Crippen LogP contribution is 2.13. The Morgan fingerprint density at radius 3 is 2.14 bits per heavy atom. The molecule has 0 fully saturated rings. The number of hydrogen-bond donors (Lipinski definition) is 2. The highest BCUT2D eigenvalue weighted by Gasteiger charge is 1.98. The third kappa shape index (κ3) is 4.52. The number of nitrogens with two attached hydrogens (primary N) is 1. The second-order valence-electron chi connectivity index (χ2n) is 5.44. The molecule has 0 spiro atoms. The van der Waals surface area contributed by atoms with Crippen LogP contribution in [0.3, 0.4) is 0 Å². The molecule has 4 heteroatoms. The molecule has 0 bridgehead atoms. The van der Waals surface area contributed by atoms with Gasteiger partial charge in [0.2, 0.25) is 0 Å². The molecule has 0 heterocycles. The fourth-order valence-corrected chi connectivity index (χ4v) is 2.09. The van der Waals surface area contributed by atoms with Crippen molar-refractivity contribution in [2.24, 2.45) is 10.7 Å². The molecular weight excluding hydrogens is 272 g/mol. The summed E-state index contributed by atoms with van der Waals surface area (Å²) in [6.07, 6.45) is 1.03. The summed E-state index contributed by atoms with van der Waals surface area (Å²) in [5.74, 6) is 0.431. The molecule has 0 saturated heterocycles. The van der Waals surface area contributed by atoms with Crippen LogP contribution in [-0.2, 0) is 13.0 Å². The van der Waals surface area contributed by atoms with Crippen LogP contribution in [0.1, 0.15) is 18.1 Å². The molecule has 3 N–H and O–H groups in total. The van der Waals surface area contributed by atoms with Gasteiger partial charge < -0.3 is 16.0 Å². The zero-order valence-electron chi connectivity index (χ0n) is 13.5. The van der Waals surface area contributed by atoms with E-state index in [2.05, 4.69) is 58.5 Å². The second kappa shape index (κ2) is 7.50. The number of hydrogen-bond acceptors (Lipinski definition) is 2. The van der Waals surface area contributed by atoms with Crippen LogP contribution in [-0.4, -0.2) is 20.1 Å². The van der Waals surface area contributed by atoms with Crippen LogP contribution in [0.5, 0.6) is 0 Å². The Hall–Kier alpha value is -2.49. The van der Waals surface area contributed by atoms with Gasteiger partial charge in [-0.15, -0.1) is 0 Å². The van der Waals surface area contributed by atoms with Crippen molar-refractivity contribution in [2.45, 2.75) is 19.9 Å². The van der Waals surface area contributed by atoms with Crippen LogP contribution in [0.25, 0.3) is 0 Å². The van der Waals surface area contributed by atoms with Gasteiger partial charge in [-0.2, -0.15) is 0 Å². The van der Waals surface area contributed by atoms with Crippen molar-refractivity contribution >= 4 is 17.3 Å². The second-order valence-corrected chi connectivity index (χ2v) is 5.44. The van der Waals surface area contributed by atoms with Crippen LogP contribution < -0.4 is 16.0 Å². The lowest BCUT2D eigenvalue weighted by Crippen LogP contribution is -2.22. The van der Waals surface area contributed by atoms with Crippen LogP contribution in [0.15, 0.2) is 53.5 Å². The van der Waals surface area contributed by atoms with E-state index in [-0.39, 0.29) is 0 Å². The molecule has 0 saturated carbocycles. The van der Waals surface area contributed by atoms with Gasteiger partial charge in [-0.3, -0.25) is 0 Å². The summed E-state index contributed by atoms with van der Waals surface area (Å²) in [5, 5.41) is 3.11. The molecule has 0 aliphatic rings. The first-order valence-electron chi connectivity index (χ1n) is 7.50. The van der Waals surface area contributed by atoms with Crippen LogP contribution in [0.4, 0.5) is 11.4 Å². The van der Waals surface area contributed by atoms with Gasteiger partial charge in [0.05, 0.1) is 6.54 Å². The number of anilines is 2. The number of guanidine groups is 1. The van der Waals surface area contributed by atoms with Gasteiger partial charge in [-0.05, 0) is 41.8 Å². The zero-order chi connectivity index (χ0) is 15.9. The maximum absolute atomic E-state index is 5.93. The first-order chi connectivity index (χ1) is 10.6. The Balaban J connectivity index is 1.93. The summed E-state index contributed by atoms with van der Waals surface area (Å²) < 4.78 is 0. The molecule has 0 amide bonds. The third-order valence-electron chi connectivity index (χ3n) is 3.52. The molecule has 2 aromatic carbocycles. The lowest BCUT2D eigenvalue weighted by atomic mass is 10.1. The van der Waals surface area contributed by atoms with Crippen molar-refractivity contribution in [2.75, 3.05) is 24.3 Å². The molecule has 0 aromatic heterocycles. The molecule has 0 atom stereocenters. The lowest BCUT2D eigenvalue weighted by molar-refractivity contribution is 1.05. The monoisotopic (exact) mass is 296 g/mol. The van der Waals surface area contributed by atoms with Crippen LogP contribution in [0, 0.1) is 0 Å². The fraction of sp³-hybridized carbons (Fsp3) is 0.278. The average Bonchev–Trinajstić information content (AvgIpc) is 2.54. The van der Waals surface area contributed by atoms with Crippen molar-refractivity contribution in [3.05, 3.63) is 59.7 Å². The first-order valence-corrected chi connectivity index (χ1v) is 7.50. The Morgan fingerprint density at radius 2 is 1.59 bits per heavy atom. The highest BCUT2D eigenvalue weighted by atomic mass is 15.1. The summed E-state index contributed by atoms with van der Waals surface area (Å²) in [6.45, 7) is 2.71. The number of aryl methyl sites for hydroxylation is 1. The minimum atomic E-state index is 0.431. The molecule has 2 aromatic rings. The van der Waals surface area contributed by atoms with Crippen LogP contribution in [0.2, 0.25) is 0 Å². The summed E-state index contributed by atoms with van der Waals surface area (Å²) in [6, 6.07) is 16.5. The van der Waals surface area contributed by atoms with E-state index in [9.17, 15) is 0 Å². The minimum Gasteiger partial charge on any atom is -0.378 e. The standard InChI is InChI=1S/C18H24N4/c1-4-14-5-9-16(10-6-14)21-18(19)20-13-15-7-11-17(12-8-15)22(2)3/h5-12H,4,13H2,1-3H3,(H3,19,20,21). The number of aliphatic imine (C=N–C) groups is 1. The molecule has 0 unspecified atom stereocenters. The molecule has 0 radical (unpaired) electrons. The van der Waals surface area contributed by atoms with Gasteiger partial charge in [-0.25, -0.2) is 4.99 Å². The first kappa shape index (κ1) is 15.9. The number of nitrogens with one attached hydrogen (secondary N) is 1. The molecule has 2 rings (SSSR count). The van der Waals surface area contributed by atoms with Gasteiger partial charge >= 0.3 is 0 Å². The zero-order valence-corrected chi connectivity index (χ0v) is 13.5. The van der Waals surface area contributed by atoms with E-state index in [1.165, 1.54) is 11.3 Å². The van der Waals surface area contributed by atoms with Crippen molar-refractivity contribution in [1.82, 2.24) is 0 Å². The number of rotatable bonds is 5. The SMILES string of the molecule is CCc1ccc(NC(N)=NCc2ccc(N(C)C)cc2)cc1. The van der Waals surface area contributed by atoms with E-state index in [1.54, 1.807) is 0 Å². The molecule has 116 valence electrons. The van der Waals surface area contributed by atoms with E-state index in [0.29, 0.717) is 12.5 Å². The highest BCUT2D eigenvalue weighted by molar-refractivity contribution is 5.92. The van der Waals surface area contributed by atoms with E-state index >= 15 is 0 Å². The largest absolute Gasteiger partial charge is 0.378 e. The quantitative estimate of drug-likeness (QED) is 0.658. The van der Waals surface area contributed by atoms with E-state index in [4.69, 9.17) is 5.73 Å². The summed E-state index contributed by atoms with van der Waals surface area (Å²) in [7, 11) is 4.05. The van der Waals surface area contributed by atoms with Crippen molar-refractivity contribution in [3.63, 3.8) is 0 Å². The van der Waals surface area contributed by atoms with Gasteiger partial charge in [0, 0.05) is 25.5 Å². The maximum atomic E-state index is 5.93. The Morgan fingerprint density at radius 1 is 1.00 bits per heavy atom. The Labute approximate surface area is 132 Å². The van der Waals surface area contributed by atoms with Gasteiger partial charge in [-0.1, -0.05) is 31.2 Å². The molecule has 0 aliphatic heterocycles. The predicted molar refractivity (Wildman–Crippen MR) is 95.5 cm³/mol. The maximum Gasteiger partial charge on any atom is 0.193 e. The summed E-state index contributed by atoms with van der Waals surface area (Å²) in [5.41, 5.74) is 10.5. The molecule has 22 heavy (non-hydrogen) atoms. The molecular formula is C18H24N4. The van der Waals surface area contributed by atoms with Crippen molar-refractivity contribution in [1.29, 1.82) is 0 Å². The predicted octanol–water partition coefficient (Wildman–Crippen LogP) is 3.24. The van der Waals surface area contributed by atoms with E-state index < -0.39 is 0 Å². The summed E-state index contributed by atoms with van der Waals surface area (Å²) in [4.78, 5) is 6.45. The lowest BCUT2D eigenvalue weighted by Gasteiger charge is -2.12.